The summed E-state index contributed by atoms with van der Waals surface area (Å²) in [6.07, 6.45) is 6.56. The number of nitrogens with zero attached hydrogens (tertiary/aromatic N) is 1. The third kappa shape index (κ3) is 8.43. The number of rotatable bonds is 10. The van der Waals surface area contributed by atoms with Gasteiger partial charge >= 0.3 is 0 Å². The molecule has 0 amide bonds. The fraction of sp³-hybridized carbons (Fsp3) is 0.500. The molecule has 3 rings (SSSR count). The molecule has 0 bridgehead atoms. The number of nitrogens with one attached hydrogen (secondary N) is 2. The predicted octanol–water partition coefficient (Wildman–Crippen LogP) is 4.48. The van der Waals surface area contributed by atoms with E-state index in [2.05, 4.69) is 10.6 Å². The van der Waals surface area contributed by atoms with Gasteiger partial charge in [0.05, 0.1) is 19.5 Å². The molecule has 166 valence electrons. The first-order valence-corrected chi connectivity index (χ1v) is 10.3. The normalized spacial score (nSPS) is 13.3. The van der Waals surface area contributed by atoms with Crippen LogP contribution in [0.3, 0.4) is 0 Å². The Morgan fingerprint density at radius 2 is 1.97 bits per heavy atom. The van der Waals surface area contributed by atoms with Crippen molar-refractivity contribution in [3.8, 4) is 11.5 Å². The van der Waals surface area contributed by atoms with Gasteiger partial charge in [0, 0.05) is 51.4 Å². The largest absolute Gasteiger partial charge is 0.490 e. The Hall–Kier alpha value is -1.94. The van der Waals surface area contributed by atoms with E-state index in [0.29, 0.717) is 13.2 Å². The first-order valence-electron chi connectivity index (χ1n) is 10.3. The molecule has 0 atom stereocenters. The van der Waals surface area contributed by atoms with Crippen LogP contribution in [0.2, 0.25) is 0 Å². The van der Waals surface area contributed by atoms with Gasteiger partial charge in [-0.05, 0) is 43.5 Å². The molecule has 1 aliphatic rings. The van der Waals surface area contributed by atoms with Crippen molar-refractivity contribution in [3.63, 3.8) is 0 Å². The smallest absolute Gasteiger partial charge is 0.195 e. The van der Waals surface area contributed by atoms with Gasteiger partial charge in [-0.2, -0.15) is 0 Å². The van der Waals surface area contributed by atoms with Crippen LogP contribution in [-0.2, 0) is 11.2 Å². The number of hydrogen-bond acceptors (Lipinski definition) is 5. The predicted molar refractivity (Wildman–Crippen MR) is 130 cm³/mol. The fourth-order valence-corrected chi connectivity index (χ4v) is 3.00. The maximum absolute atomic E-state index is 5.79. The minimum atomic E-state index is 0. The van der Waals surface area contributed by atoms with Crippen molar-refractivity contribution >= 4 is 35.6 Å². The molecule has 7 nitrogen and oxygen atoms in total. The summed E-state index contributed by atoms with van der Waals surface area (Å²) in [5.74, 6) is 3.25. The molecule has 8 heteroatoms. The summed E-state index contributed by atoms with van der Waals surface area (Å²) in [4.78, 5) is 4.72. The van der Waals surface area contributed by atoms with Gasteiger partial charge in [-0.15, -0.1) is 24.0 Å². The molecule has 0 aliphatic carbocycles. The molecule has 2 heterocycles. The molecule has 30 heavy (non-hydrogen) atoms. The highest BCUT2D eigenvalue weighted by Crippen LogP contribution is 2.32. The fourth-order valence-electron chi connectivity index (χ4n) is 3.00. The van der Waals surface area contributed by atoms with Crippen molar-refractivity contribution < 1.29 is 18.6 Å². The van der Waals surface area contributed by atoms with Crippen LogP contribution in [0.4, 0.5) is 5.69 Å². The summed E-state index contributed by atoms with van der Waals surface area (Å²) >= 11 is 0. The van der Waals surface area contributed by atoms with Gasteiger partial charge in [-0.3, -0.25) is 4.99 Å². The molecule has 0 saturated heterocycles. The van der Waals surface area contributed by atoms with Crippen LogP contribution in [0.25, 0.3) is 0 Å². The molecular formula is C22H32IN3O4. The minimum Gasteiger partial charge on any atom is -0.490 e. The lowest BCUT2D eigenvalue weighted by Gasteiger charge is -2.14. The Bertz CT molecular complexity index is 753. The number of guanidine groups is 1. The number of halogens is 1. The zero-order valence-corrected chi connectivity index (χ0v) is 19.9. The van der Waals surface area contributed by atoms with E-state index in [-0.39, 0.29) is 24.0 Å². The molecular weight excluding hydrogens is 497 g/mol. The second-order valence-corrected chi connectivity index (χ2v) is 6.88. The van der Waals surface area contributed by atoms with E-state index in [1.54, 1.807) is 13.4 Å². The average molecular weight is 529 g/mol. The van der Waals surface area contributed by atoms with E-state index in [1.165, 1.54) is 0 Å². The van der Waals surface area contributed by atoms with Crippen LogP contribution in [0.1, 0.15) is 31.4 Å². The number of hydrogen-bond donors (Lipinski definition) is 2. The summed E-state index contributed by atoms with van der Waals surface area (Å²) in [5.41, 5.74) is 0.915. The number of aliphatic imine (C=N–C) groups is 1. The third-order valence-electron chi connectivity index (χ3n) is 4.53. The summed E-state index contributed by atoms with van der Waals surface area (Å²) in [6.45, 7) is 3.63. The maximum Gasteiger partial charge on any atom is 0.195 e. The van der Waals surface area contributed by atoms with Gasteiger partial charge in [-0.25, -0.2) is 0 Å². The zero-order valence-electron chi connectivity index (χ0n) is 17.5. The monoisotopic (exact) mass is 529 g/mol. The van der Waals surface area contributed by atoms with E-state index in [1.807, 2.05) is 30.3 Å². The first-order chi connectivity index (χ1) is 14.3. The lowest BCUT2D eigenvalue weighted by Crippen LogP contribution is -2.32. The molecule has 0 unspecified atom stereocenters. The van der Waals surface area contributed by atoms with Gasteiger partial charge in [-0.1, -0.05) is 0 Å². The number of ether oxygens (including phenoxy) is 3. The van der Waals surface area contributed by atoms with Crippen molar-refractivity contribution in [1.29, 1.82) is 0 Å². The minimum absolute atomic E-state index is 0. The molecule has 2 N–H and O–H groups in total. The average Bonchev–Trinajstić information content (AvgIpc) is 3.14. The van der Waals surface area contributed by atoms with Crippen molar-refractivity contribution in [2.75, 3.05) is 45.3 Å². The summed E-state index contributed by atoms with van der Waals surface area (Å²) in [7, 11) is 1.73. The molecule has 1 aromatic heterocycles. The molecule has 1 aromatic carbocycles. The highest BCUT2D eigenvalue weighted by molar-refractivity contribution is 14.0. The lowest BCUT2D eigenvalue weighted by molar-refractivity contribution is 0.192. The SMILES string of the molecule is COCCCCCN=C(NCCc1ccco1)Nc1ccc2c(c1)OCCCO2.I. The van der Waals surface area contributed by atoms with E-state index in [0.717, 1.165) is 80.7 Å². The second kappa shape index (κ2) is 14.1. The quantitative estimate of drug-likeness (QED) is 0.205. The van der Waals surface area contributed by atoms with Crippen LogP contribution < -0.4 is 20.1 Å². The van der Waals surface area contributed by atoms with Gasteiger partial charge < -0.3 is 29.3 Å². The molecule has 2 aromatic rings. The van der Waals surface area contributed by atoms with E-state index >= 15 is 0 Å². The number of anilines is 1. The number of methoxy groups -OCH3 is 1. The lowest BCUT2D eigenvalue weighted by atomic mass is 10.2. The van der Waals surface area contributed by atoms with Crippen LogP contribution in [-0.4, -0.2) is 46.0 Å². The first kappa shape index (κ1) is 24.3. The van der Waals surface area contributed by atoms with Crippen LogP contribution in [0.5, 0.6) is 11.5 Å². The number of furan rings is 1. The molecule has 0 radical (unpaired) electrons. The zero-order chi connectivity index (χ0) is 20.2. The number of benzene rings is 1. The van der Waals surface area contributed by atoms with E-state index < -0.39 is 0 Å². The van der Waals surface area contributed by atoms with Crippen molar-refractivity contribution in [1.82, 2.24) is 5.32 Å². The van der Waals surface area contributed by atoms with Gasteiger partial charge in [0.1, 0.15) is 5.76 Å². The van der Waals surface area contributed by atoms with Crippen LogP contribution in [0.15, 0.2) is 46.0 Å². The highest BCUT2D eigenvalue weighted by Gasteiger charge is 2.11. The van der Waals surface area contributed by atoms with Crippen molar-refractivity contribution in [3.05, 3.63) is 42.4 Å². The Balaban J connectivity index is 0.00000320. The summed E-state index contributed by atoms with van der Waals surface area (Å²) in [6, 6.07) is 9.76. The standard InChI is InChI=1S/C22H31N3O4.HI/c1-26-13-4-2-3-11-23-22(24-12-10-19-7-5-14-27-19)25-18-8-9-20-21(17-18)29-16-6-15-28-20;/h5,7-9,14,17H,2-4,6,10-13,15-16H2,1H3,(H2,23,24,25);1H. The number of unbranched alkanes of at least 4 members (excludes halogenated alkanes) is 2. The Morgan fingerprint density at radius 1 is 1.10 bits per heavy atom. The molecule has 0 fully saturated rings. The molecule has 0 saturated carbocycles. The van der Waals surface area contributed by atoms with Gasteiger partial charge in [0.15, 0.2) is 17.5 Å². The third-order valence-corrected chi connectivity index (χ3v) is 4.53. The van der Waals surface area contributed by atoms with Crippen molar-refractivity contribution in [2.24, 2.45) is 4.99 Å². The second-order valence-electron chi connectivity index (χ2n) is 6.88. The molecule has 1 aliphatic heterocycles. The Morgan fingerprint density at radius 3 is 2.77 bits per heavy atom. The molecule has 0 spiro atoms. The summed E-state index contributed by atoms with van der Waals surface area (Å²) in [5, 5.41) is 6.76. The van der Waals surface area contributed by atoms with Crippen molar-refractivity contribution in [2.45, 2.75) is 32.1 Å². The van der Waals surface area contributed by atoms with E-state index in [9.17, 15) is 0 Å². The Labute approximate surface area is 195 Å². The van der Waals surface area contributed by atoms with Crippen LogP contribution in [0, 0.1) is 0 Å². The topological polar surface area (TPSA) is 77.2 Å². The van der Waals surface area contributed by atoms with Crippen LogP contribution >= 0.6 is 24.0 Å². The van der Waals surface area contributed by atoms with Gasteiger partial charge in [0.2, 0.25) is 0 Å². The van der Waals surface area contributed by atoms with E-state index in [4.69, 9.17) is 23.6 Å². The highest BCUT2D eigenvalue weighted by atomic mass is 127. The number of fused-ring (bicyclic) bond motifs is 1. The summed E-state index contributed by atoms with van der Waals surface area (Å²) < 4.78 is 22.0. The van der Waals surface area contributed by atoms with Gasteiger partial charge in [0.25, 0.3) is 0 Å². The Kier molecular flexibility index (Phi) is 11.5. The maximum atomic E-state index is 5.79.